The van der Waals surface area contributed by atoms with Gasteiger partial charge in [-0.25, -0.2) is 9.24 Å². The van der Waals surface area contributed by atoms with Crippen LogP contribution in [0.2, 0.25) is 5.02 Å². The minimum absolute atomic E-state index is 0.0849. The van der Waals surface area contributed by atoms with E-state index in [9.17, 15) is 18.0 Å². The first-order chi connectivity index (χ1) is 17.8. The molecular weight excluding hydrogens is 531 g/mol. The van der Waals surface area contributed by atoms with Crippen LogP contribution in [0.3, 0.4) is 0 Å². The number of hydrogen-bond acceptors (Lipinski definition) is 7. The molecule has 0 aliphatic heterocycles. The number of aromatic nitrogens is 3. The Balaban J connectivity index is 1.52. The zero-order valence-electron chi connectivity index (χ0n) is 18.6. The lowest BCUT2D eigenvalue weighted by Gasteiger charge is -2.14. The van der Waals surface area contributed by atoms with Crippen molar-refractivity contribution in [2.45, 2.75) is 19.6 Å². The minimum atomic E-state index is -3.16. The van der Waals surface area contributed by atoms with Crippen LogP contribution in [0.5, 0.6) is 10.9 Å². The van der Waals surface area contributed by atoms with E-state index >= 15 is 0 Å². The molecule has 37 heavy (non-hydrogen) atoms. The molecule has 0 bridgehead atoms. The van der Waals surface area contributed by atoms with E-state index in [0.29, 0.717) is 10.7 Å². The number of pyridine rings is 1. The average molecular weight is 546 g/mol. The third-order valence-corrected chi connectivity index (χ3v) is 5.86. The van der Waals surface area contributed by atoms with Gasteiger partial charge in [0.2, 0.25) is 5.13 Å². The lowest BCUT2D eigenvalue weighted by Crippen LogP contribution is -2.15. The number of rotatable bonds is 9. The number of benzene rings is 2. The summed E-state index contributed by atoms with van der Waals surface area (Å²) in [6.45, 7) is 4.19. The molecule has 8 nitrogen and oxygen atoms in total. The van der Waals surface area contributed by atoms with Crippen molar-refractivity contribution >= 4 is 39.7 Å². The summed E-state index contributed by atoms with van der Waals surface area (Å²) in [4.78, 5) is 20.5. The molecule has 2 aromatic carbocycles. The van der Waals surface area contributed by atoms with Gasteiger partial charge in [-0.05, 0) is 41.2 Å². The first kappa shape index (κ1) is 25.9. The summed E-state index contributed by atoms with van der Waals surface area (Å²) in [5, 5.41) is 11.1. The van der Waals surface area contributed by atoms with Crippen LogP contribution >= 0.6 is 22.9 Å². The Bertz CT molecular complexity index is 1460. The second kappa shape index (κ2) is 11.7. The van der Waals surface area contributed by atoms with Gasteiger partial charge < -0.3 is 9.47 Å². The van der Waals surface area contributed by atoms with E-state index in [1.165, 1.54) is 36.5 Å². The van der Waals surface area contributed by atoms with Crippen molar-refractivity contribution in [3.8, 4) is 10.9 Å². The van der Waals surface area contributed by atoms with Crippen LogP contribution in [0.4, 0.5) is 24.0 Å². The number of alkyl halides is 2. The highest BCUT2D eigenvalue weighted by atomic mass is 35.5. The van der Waals surface area contributed by atoms with Crippen molar-refractivity contribution in [2.75, 3.05) is 5.32 Å². The summed E-state index contributed by atoms with van der Waals surface area (Å²) in [7, 11) is 0. The molecular formula is C24H15ClF3N5O3S. The van der Waals surface area contributed by atoms with Crippen molar-refractivity contribution in [1.82, 2.24) is 15.2 Å². The number of carbonyl (C=O) groups is 1. The smallest absolute Gasteiger partial charge is 0.387 e. The summed E-state index contributed by atoms with van der Waals surface area (Å²) < 4.78 is 50.2. The van der Waals surface area contributed by atoms with E-state index < -0.39 is 18.3 Å². The normalized spacial score (nSPS) is 10.7. The zero-order chi connectivity index (χ0) is 26.4. The number of hydrogen-bond donors (Lipinski definition) is 1. The fourth-order valence-electron chi connectivity index (χ4n) is 3.24. The second-order valence-corrected chi connectivity index (χ2v) is 8.69. The molecule has 0 spiro atoms. The monoisotopic (exact) mass is 545 g/mol. The molecule has 2 aromatic heterocycles. The van der Waals surface area contributed by atoms with Gasteiger partial charge in [-0.15, -0.1) is 5.10 Å². The van der Waals surface area contributed by atoms with Crippen LogP contribution in [-0.4, -0.2) is 27.7 Å². The third kappa shape index (κ3) is 6.72. The Labute approximate surface area is 217 Å². The molecule has 0 fully saturated rings. The number of carbonyl (C=O) groups excluding carboxylic acids is 1. The maximum Gasteiger partial charge on any atom is 0.387 e. The molecule has 1 amide bonds. The summed E-state index contributed by atoms with van der Waals surface area (Å²) in [5.74, 6) is -1.78. The fourth-order valence-corrected chi connectivity index (χ4v) is 3.94. The number of nitrogens with zero attached hydrogens (tertiary/aromatic N) is 4. The first-order valence-electron chi connectivity index (χ1n) is 10.4. The average Bonchev–Trinajstić information content (AvgIpc) is 3.32. The maximum atomic E-state index is 14.5. The predicted molar refractivity (Wildman–Crippen MR) is 130 cm³/mol. The molecule has 0 unspecified atom stereocenters. The largest absolute Gasteiger partial charge is 0.462 e. The van der Waals surface area contributed by atoms with E-state index in [4.69, 9.17) is 22.9 Å². The van der Waals surface area contributed by atoms with Crippen LogP contribution in [0.25, 0.3) is 4.85 Å². The summed E-state index contributed by atoms with van der Waals surface area (Å²) in [6.07, 6.45) is 1.20. The van der Waals surface area contributed by atoms with Gasteiger partial charge in [0.1, 0.15) is 18.2 Å². The molecule has 0 saturated carbocycles. The summed E-state index contributed by atoms with van der Waals surface area (Å²) in [5.41, 5.74) is 0.924. The summed E-state index contributed by atoms with van der Waals surface area (Å²) in [6, 6.07) is 11.1. The number of nitrogens with one attached hydrogen (secondary N) is 1. The van der Waals surface area contributed by atoms with Crippen LogP contribution in [-0.2, 0) is 13.0 Å². The molecule has 2 heterocycles. The molecule has 0 radical (unpaired) electrons. The Morgan fingerprint density at radius 3 is 2.76 bits per heavy atom. The quantitative estimate of drug-likeness (QED) is 0.248. The highest BCUT2D eigenvalue weighted by molar-refractivity contribution is 7.17. The second-order valence-electron chi connectivity index (χ2n) is 7.31. The zero-order valence-corrected chi connectivity index (χ0v) is 20.2. The summed E-state index contributed by atoms with van der Waals surface area (Å²) >= 11 is 6.77. The van der Waals surface area contributed by atoms with Crippen molar-refractivity contribution < 1.29 is 27.4 Å². The van der Waals surface area contributed by atoms with Crippen molar-refractivity contribution in [1.29, 1.82) is 0 Å². The lowest BCUT2D eigenvalue weighted by atomic mass is 9.97. The molecule has 0 aliphatic rings. The molecule has 188 valence electrons. The molecule has 0 atom stereocenters. The van der Waals surface area contributed by atoms with Crippen molar-refractivity contribution in [3.63, 3.8) is 0 Å². The molecule has 4 rings (SSSR count). The van der Waals surface area contributed by atoms with E-state index in [-0.39, 0.29) is 51.5 Å². The van der Waals surface area contributed by atoms with Crippen LogP contribution in [0, 0.1) is 12.4 Å². The van der Waals surface area contributed by atoms with E-state index in [1.54, 1.807) is 12.1 Å². The number of anilines is 1. The minimum Gasteiger partial charge on any atom is -0.462 e. The van der Waals surface area contributed by atoms with Gasteiger partial charge in [0.25, 0.3) is 11.1 Å². The number of ether oxygens (including phenoxy) is 2. The van der Waals surface area contributed by atoms with Gasteiger partial charge in [0.15, 0.2) is 5.69 Å². The third-order valence-electron chi connectivity index (χ3n) is 4.88. The van der Waals surface area contributed by atoms with Crippen molar-refractivity contribution in [2.24, 2.45) is 0 Å². The van der Waals surface area contributed by atoms with Gasteiger partial charge >= 0.3 is 6.61 Å². The maximum absolute atomic E-state index is 14.5. The molecule has 1 N–H and O–H groups in total. The van der Waals surface area contributed by atoms with E-state index in [2.05, 4.69) is 30.1 Å². The first-order valence-corrected chi connectivity index (χ1v) is 11.6. The Hall–Kier alpha value is -4.21. The van der Waals surface area contributed by atoms with Gasteiger partial charge in [-0.2, -0.15) is 8.78 Å². The Morgan fingerprint density at radius 2 is 2.03 bits per heavy atom. The fraction of sp³-hybridized carbons (Fsp3) is 0.125. The standard InChI is InChI=1S/C24H15ClF3N5O3S/c1-29-15-7-8-17(13(9-15)10-18-19(26)3-2-4-20(18)36-22(27)28)21(34)31-23-32-33-24(37-23)35-12-16-6-5-14(25)11-30-16/h2-9,11,22H,10,12H2,(H,31,32,34). The lowest BCUT2D eigenvalue weighted by molar-refractivity contribution is -0.0505. The number of amides is 1. The predicted octanol–water partition coefficient (Wildman–Crippen LogP) is 6.30. The van der Waals surface area contributed by atoms with Gasteiger partial charge in [-0.3, -0.25) is 15.1 Å². The molecule has 4 aromatic rings. The number of halogens is 4. The van der Waals surface area contributed by atoms with Crippen LogP contribution in [0.1, 0.15) is 27.2 Å². The van der Waals surface area contributed by atoms with Crippen LogP contribution < -0.4 is 14.8 Å². The van der Waals surface area contributed by atoms with Crippen molar-refractivity contribution in [3.05, 3.63) is 99.4 Å². The van der Waals surface area contributed by atoms with Gasteiger partial charge in [0, 0.05) is 23.7 Å². The Morgan fingerprint density at radius 1 is 1.19 bits per heavy atom. The molecule has 0 saturated heterocycles. The topological polar surface area (TPSA) is 90.6 Å². The van der Waals surface area contributed by atoms with E-state index in [1.807, 2.05) is 0 Å². The van der Waals surface area contributed by atoms with Crippen LogP contribution in [0.15, 0.2) is 54.7 Å². The molecule has 13 heteroatoms. The SMILES string of the molecule is [C-]#[N+]c1ccc(C(=O)Nc2nnc(OCc3ccc(Cl)cn3)s2)c(Cc2c(F)cccc2OC(F)F)c1. The van der Waals surface area contributed by atoms with Gasteiger partial charge in [0.05, 0.1) is 17.3 Å². The highest BCUT2D eigenvalue weighted by Crippen LogP contribution is 2.30. The van der Waals surface area contributed by atoms with E-state index in [0.717, 1.165) is 17.4 Å². The Kier molecular flexibility index (Phi) is 8.17. The molecule has 0 aliphatic carbocycles. The highest BCUT2D eigenvalue weighted by Gasteiger charge is 2.20. The van der Waals surface area contributed by atoms with Gasteiger partial charge in [-0.1, -0.05) is 41.0 Å².